The van der Waals surface area contributed by atoms with Gasteiger partial charge in [0.15, 0.2) is 5.96 Å². The topological polar surface area (TPSA) is 54.4 Å². The van der Waals surface area contributed by atoms with Crippen LogP contribution in [0.25, 0.3) is 0 Å². The fourth-order valence-corrected chi connectivity index (χ4v) is 5.64. The van der Waals surface area contributed by atoms with Crippen LogP contribution < -0.4 is 10.2 Å². The maximum atomic E-state index is 15.2. The Morgan fingerprint density at radius 2 is 1.73 bits per heavy atom. The smallest absolute Gasteiger partial charge is 0.367 e. The molecule has 0 unspecified atom stereocenters. The molecule has 0 spiro atoms. The molecule has 2 aromatic carbocycles. The molecule has 7 nitrogen and oxygen atoms in total. The van der Waals surface area contributed by atoms with Crippen LogP contribution >= 0.6 is 11.6 Å². The lowest BCUT2D eigenvalue weighted by Crippen LogP contribution is -2.51. The van der Waals surface area contributed by atoms with Crippen molar-refractivity contribution in [1.82, 2.24) is 14.7 Å². The number of carbonyl (C=O) groups excluding carboxylic acids is 1. The van der Waals surface area contributed by atoms with E-state index in [-0.39, 0.29) is 12.1 Å². The van der Waals surface area contributed by atoms with Crippen LogP contribution in [-0.2, 0) is 6.54 Å². The van der Waals surface area contributed by atoms with Gasteiger partial charge in [-0.05, 0) is 48.7 Å². The second-order valence-electron chi connectivity index (χ2n) is 10.4. The second kappa shape index (κ2) is 12.2. The zero-order valence-electron chi connectivity index (χ0n) is 22.2. The molecule has 0 atom stereocenters. The van der Waals surface area contributed by atoms with Crippen molar-refractivity contribution >= 4 is 34.8 Å². The van der Waals surface area contributed by atoms with Gasteiger partial charge in [-0.15, -0.1) is 0 Å². The predicted octanol–water partition coefficient (Wildman–Crippen LogP) is 5.07. The van der Waals surface area contributed by atoms with Crippen molar-refractivity contribution in [2.24, 2.45) is 4.99 Å². The summed E-state index contributed by atoms with van der Waals surface area (Å²) in [7, 11) is 0. The molecule has 0 saturated carbocycles. The molecule has 0 aliphatic carbocycles. The second-order valence-corrected chi connectivity index (χ2v) is 10.9. The molecule has 40 heavy (non-hydrogen) atoms. The zero-order chi connectivity index (χ0) is 28.3. The van der Waals surface area contributed by atoms with Crippen molar-refractivity contribution in [1.29, 1.82) is 0 Å². The highest BCUT2D eigenvalue weighted by Crippen LogP contribution is 2.31. The number of aliphatic imine (C=N–C) groups is 1. The Bertz CT molecular complexity index is 1250. The first-order chi connectivity index (χ1) is 19.2. The summed E-state index contributed by atoms with van der Waals surface area (Å²) in [4.78, 5) is 26.0. The normalized spacial score (nSPS) is 18.4. The number of nitrogens with zero attached hydrogens (tertiary/aromatic N) is 5. The number of carbonyl (C=O) groups is 1. The summed E-state index contributed by atoms with van der Waals surface area (Å²) in [6.45, 7) is 5.96. The number of anilines is 2. The summed E-state index contributed by atoms with van der Waals surface area (Å²) in [6, 6.07) is 9.67. The Morgan fingerprint density at radius 1 is 0.950 bits per heavy atom. The van der Waals surface area contributed by atoms with Crippen LogP contribution in [0.5, 0.6) is 0 Å². The van der Waals surface area contributed by atoms with Crippen LogP contribution in [0, 0.1) is 5.82 Å². The van der Waals surface area contributed by atoms with Gasteiger partial charge in [0.05, 0.1) is 23.4 Å². The molecule has 2 aromatic rings. The Morgan fingerprint density at radius 3 is 2.48 bits per heavy atom. The Kier molecular flexibility index (Phi) is 8.70. The average molecular weight is 581 g/mol. The van der Waals surface area contributed by atoms with Gasteiger partial charge in [0.1, 0.15) is 5.82 Å². The van der Waals surface area contributed by atoms with Gasteiger partial charge >= 0.3 is 6.18 Å². The van der Waals surface area contributed by atoms with Gasteiger partial charge in [-0.1, -0.05) is 17.7 Å². The molecular formula is C28H33ClF4N6O. The summed E-state index contributed by atoms with van der Waals surface area (Å²) in [5.74, 6) is -0.225. The van der Waals surface area contributed by atoms with E-state index < -0.39 is 24.3 Å². The molecule has 2 saturated heterocycles. The molecule has 12 heteroatoms. The molecule has 0 radical (unpaired) electrons. The fourth-order valence-electron chi connectivity index (χ4n) is 5.48. The number of fused-ring (bicyclic) bond motifs is 1. The van der Waals surface area contributed by atoms with Gasteiger partial charge in [-0.3, -0.25) is 14.7 Å². The monoisotopic (exact) mass is 580 g/mol. The first-order valence-electron chi connectivity index (χ1n) is 13.6. The number of benzene rings is 2. The van der Waals surface area contributed by atoms with Crippen LogP contribution in [-0.4, -0.2) is 91.6 Å². The van der Waals surface area contributed by atoms with Gasteiger partial charge in [0, 0.05) is 70.5 Å². The van der Waals surface area contributed by atoms with E-state index in [4.69, 9.17) is 11.6 Å². The first kappa shape index (κ1) is 28.5. The molecule has 3 aliphatic rings. The van der Waals surface area contributed by atoms with Crippen molar-refractivity contribution in [3.63, 3.8) is 0 Å². The number of amides is 1. The Balaban J connectivity index is 1.24. The van der Waals surface area contributed by atoms with E-state index in [0.29, 0.717) is 49.1 Å². The fraction of sp³-hybridized carbons (Fsp3) is 0.500. The number of nitrogens with one attached hydrogen (secondary N) is 1. The van der Waals surface area contributed by atoms with E-state index >= 15 is 4.39 Å². The van der Waals surface area contributed by atoms with Gasteiger partial charge < -0.3 is 20.0 Å². The van der Waals surface area contributed by atoms with Crippen molar-refractivity contribution < 1.29 is 22.4 Å². The minimum atomic E-state index is -4.19. The van der Waals surface area contributed by atoms with Gasteiger partial charge in [0.25, 0.3) is 5.91 Å². The SMILES string of the molecule is O=C(Nc1ccc(Cl)cc1N1CCN(CCC(F)(F)F)CC1)c1ccc(CN2CCCN3CCCN=C32)cc1F. The third kappa shape index (κ3) is 6.98. The van der Waals surface area contributed by atoms with Gasteiger partial charge in [-0.25, -0.2) is 4.39 Å². The van der Waals surface area contributed by atoms with Gasteiger partial charge in [-0.2, -0.15) is 13.2 Å². The number of guanidine groups is 1. The summed E-state index contributed by atoms with van der Waals surface area (Å²) in [6.07, 6.45) is -2.97. The number of hydrogen-bond acceptors (Lipinski definition) is 6. The van der Waals surface area contributed by atoms with Crippen molar-refractivity contribution in [2.75, 3.05) is 69.1 Å². The lowest BCUT2D eigenvalue weighted by Gasteiger charge is -2.41. The highest BCUT2D eigenvalue weighted by Gasteiger charge is 2.29. The highest BCUT2D eigenvalue weighted by molar-refractivity contribution is 6.31. The van der Waals surface area contributed by atoms with Crippen LogP contribution in [0.4, 0.5) is 28.9 Å². The molecule has 216 valence electrons. The third-order valence-corrected chi connectivity index (χ3v) is 7.78. The summed E-state index contributed by atoms with van der Waals surface area (Å²) in [5, 5.41) is 3.27. The number of alkyl halides is 3. The van der Waals surface area contributed by atoms with Crippen molar-refractivity contribution in [2.45, 2.75) is 32.0 Å². The maximum Gasteiger partial charge on any atom is 0.390 e. The molecule has 3 heterocycles. The molecule has 5 rings (SSSR count). The number of hydrogen-bond donors (Lipinski definition) is 1. The number of rotatable bonds is 7. The van der Waals surface area contributed by atoms with Gasteiger partial charge in [0.2, 0.25) is 0 Å². The van der Waals surface area contributed by atoms with Crippen LogP contribution in [0.3, 0.4) is 0 Å². The first-order valence-corrected chi connectivity index (χ1v) is 14.0. The molecule has 2 fully saturated rings. The van der Waals surface area contributed by atoms with Crippen molar-refractivity contribution in [3.8, 4) is 0 Å². The standard InChI is InChI=1S/C28H33ClF4N6O/c29-21-4-6-24(25(18-21)37-15-13-36(14-16-37)12-7-28(31,32)33)35-26(40)22-5-3-20(17-23(22)30)19-39-11-2-10-38-9-1-8-34-27(38)39/h3-6,17-18H,1-2,7-16,19H2,(H,35,40). The average Bonchev–Trinajstić information content (AvgIpc) is 2.93. The maximum absolute atomic E-state index is 15.2. The molecular weight excluding hydrogens is 548 g/mol. The summed E-state index contributed by atoms with van der Waals surface area (Å²) < 4.78 is 53.0. The summed E-state index contributed by atoms with van der Waals surface area (Å²) >= 11 is 6.23. The number of piperazine rings is 1. The molecule has 1 N–H and O–H groups in total. The Hall–Kier alpha value is -3.05. The Labute approximate surface area is 236 Å². The quantitative estimate of drug-likeness (QED) is 0.464. The zero-order valence-corrected chi connectivity index (χ0v) is 22.9. The minimum absolute atomic E-state index is 0.0458. The van der Waals surface area contributed by atoms with Crippen LogP contribution in [0.2, 0.25) is 5.02 Å². The third-order valence-electron chi connectivity index (χ3n) is 7.55. The van der Waals surface area contributed by atoms with E-state index in [1.54, 1.807) is 29.2 Å². The lowest BCUT2D eigenvalue weighted by atomic mass is 10.1. The lowest BCUT2D eigenvalue weighted by molar-refractivity contribution is -0.138. The molecule has 1 amide bonds. The molecule has 0 aromatic heterocycles. The van der Waals surface area contributed by atoms with E-state index in [1.165, 1.54) is 12.1 Å². The predicted molar refractivity (Wildman–Crippen MR) is 149 cm³/mol. The summed E-state index contributed by atoms with van der Waals surface area (Å²) in [5.41, 5.74) is 1.80. The largest absolute Gasteiger partial charge is 0.390 e. The van der Waals surface area contributed by atoms with E-state index in [1.807, 2.05) is 4.90 Å². The minimum Gasteiger partial charge on any atom is -0.367 e. The van der Waals surface area contributed by atoms with E-state index in [0.717, 1.165) is 50.5 Å². The molecule has 0 bridgehead atoms. The van der Waals surface area contributed by atoms with Crippen LogP contribution in [0.1, 0.15) is 35.2 Å². The van der Waals surface area contributed by atoms with Crippen molar-refractivity contribution in [3.05, 3.63) is 58.4 Å². The number of halogens is 5. The molecule has 3 aliphatic heterocycles. The van der Waals surface area contributed by atoms with E-state index in [2.05, 4.69) is 20.1 Å². The van der Waals surface area contributed by atoms with E-state index in [9.17, 15) is 18.0 Å². The van der Waals surface area contributed by atoms with Crippen LogP contribution in [0.15, 0.2) is 41.4 Å². The highest BCUT2D eigenvalue weighted by atomic mass is 35.5.